The summed E-state index contributed by atoms with van der Waals surface area (Å²) in [6.45, 7) is 3.49. The quantitative estimate of drug-likeness (QED) is 0.439. The van der Waals surface area contributed by atoms with Gasteiger partial charge >= 0.3 is 5.97 Å². The average Bonchev–Trinajstić information content (AvgIpc) is 2.73. The van der Waals surface area contributed by atoms with Crippen LogP contribution in [-0.2, 0) is 11.2 Å². The van der Waals surface area contributed by atoms with Crippen LogP contribution < -0.4 is 10.3 Å². The molecule has 31 heavy (non-hydrogen) atoms. The van der Waals surface area contributed by atoms with Crippen molar-refractivity contribution in [2.24, 2.45) is 5.10 Å². The maximum atomic E-state index is 13.2. The third-order valence-corrected chi connectivity index (χ3v) is 5.29. The summed E-state index contributed by atoms with van der Waals surface area (Å²) in [5.41, 5.74) is 0.758. The fourth-order valence-electron chi connectivity index (χ4n) is 2.90. The topological polar surface area (TPSA) is 93.8 Å². The van der Waals surface area contributed by atoms with E-state index in [9.17, 15) is 9.59 Å². The highest BCUT2D eigenvalue weighted by molar-refractivity contribution is 9.10. The van der Waals surface area contributed by atoms with Gasteiger partial charge in [0.15, 0.2) is 6.10 Å². The zero-order valence-corrected chi connectivity index (χ0v) is 19.4. The lowest BCUT2D eigenvalue weighted by atomic mass is 10.2. The van der Waals surface area contributed by atoms with Crippen LogP contribution in [0.2, 0.25) is 5.02 Å². The number of nitrogens with zero attached hydrogens (tertiary/aromatic N) is 3. The molecule has 1 heterocycles. The second-order valence-electron chi connectivity index (χ2n) is 6.94. The Morgan fingerprint density at radius 1 is 1.35 bits per heavy atom. The molecular formula is C22H21BrClN3O4. The molecule has 0 saturated heterocycles. The van der Waals surface area contributed by atoms with E-state index in [0.717, 1.165) is 17.3 Å². The highest BCUT2D eigenvalue weighted by Crippen LogP contribution is 2.23. The summed E-state index contributed by atoms with van der Waals surface area (Å²) < 4.78 is 7.54. The van der Waals surface area contributed by atoms with Gasteiger partial charge in [0.25, 0.3) is 5.56 Å². The Labute approximate surface area is 192 Å². The molecule has 1 aromatic heterocycles. The zero-order chi connectivity index (χ0) is 22.5. The first-order valence-corrected chi connectivity index (χ1v) is 10.9. The minimum absolute atomic E-state index is 0.294. The van der Waals surface area contributed by atoms with E-state index in [1.54, 1.807) is 30.3 Å². The van der Waals surface area contributed by atoms with Crippen molar-refractivity contribution in [3.8, 4) is 5.75 Å². The highest BCUT2D eigenvalue weighted by Gasteiger charge is 2.15. The van der Waals surface area contributed by atoms with Crippen LogP contribution in [0.15, 0.2) is 50.8 Å². The molecule has 0 fully saturated rings. The van der Waals surface area contributed by atoms with Crippen molar-refractivity contribution >= 4 is 50.6 Å². The average molecular weight is 507 g/mol. The predicted octanol–water partition coefficient (Wildman–Crippen LogP) is 4.89. The van der Waals surface area contributed by atoms with Crippen LogP contribution in [0.4, 0.5) is 0 Å². The van der Waals surface area contributed by atoms with Crippen LogP contribution in [0.5, 0.6) is 5.75 Å². The molecule has 0 aliphatic rings. The number of rotatable bonds is 8. The minimum Gasteiger partial charge on any atom is -0.479 e. The molecule has 0 amide bonds. The summed E-state index contributed by atoms with van der Waals surface area (Å²) in [5.74, 6) is -0.260. The van der Waals surface area contributed by atoms with Crippen molar-refractivity contribution in [1.29, 1.82) is 0 Å². The fourth-order valence-corrected chi connectivity index (χ4v) is 3.44. The lowest BCUT2D eigenvalue weighted by Gasteiger charge is -2.13. The number of carboxylic acid groups (broad SMARTS) is 1. The standard InChI is InChI=1S/C22H21BrClN3O4/c1-3-4-5-20-26-18-8-6-15(23)11-17(18)21(28)27(20)25-12-14-10-16(24)7-9-19(14)31-13(2)22(29)30/h6-13H,3-5H2,1-2H3,(H,29,30)/t13-/m1/s1. The van der Waals surface area contributed by atoms with E-state index < -0.39 is 12.1 Å². The molecular weight excluding hydrogens is 486 g/mol. The van der Waals surface area contributed by atoms with Crippen molar-refractivity contribution in [2.75, 3.05) is 0 Å². The molecule has 0 aliphatic carbocycles. The van der Waals surface area contributed by atoms with E-state index in [1.807, 2.05) is 6.07 Å². The molecule has 0 unspecified atom stereocenters. The summed E-state index contributed by atoms with van der Waals surface area (Å²) in [4.78, 5) is 29.0. The molecule has 0 radical (unpaired) electrons. The Kier molecular flexibility index (Phi) is 7.46. The van der Waals surface area contributed by atoms with Crippen LogP contribution >= 0.6 is 27.5 Å². The van der Waals surface area contributed by atoms with Crippen molar-refractivity contribution in [1.82, 2.24) is 9.66 Å². The molecule has 1 atom stereocenters. The third kappa shape index (κ3) is 5.51. The lowest BCUT2D eigenvalue weighted by molar-refractivity contribution is -0.144. The van der Waals surface area contributed by atoms with E-state index in [2.05, 4.69) is 32.9 Å². The fraction of sp³-hybridized carbons (Fsp3) is 0.273. The van der Waals surface area contributed by atoms with E-state index in [4.69, 9.17) is 21.4 Å². The van der Waals surface area contributed by atoms with Crippen molar-refractivity contribution in [2.45, 2.75) is 39.2 Å². The molecule has 0 spiro atoms. The number of ether oxygens (including phenoxy) is 1. The van der Waals surface area contributed by atoms with Gasteiger partial charge in [-0.05, 0) is 49.7 Å². The molecule has 2 aromatic carbocycles. The van der Waals surface area contributed by atoms with Crippen molar-refractivity contribution < 1.29 is 14.6 Å². The molecule has 1 N–H and O–H groups in total. The van der Waals surface area contributed by atoms with Gasteiger partial charge in [-0.15, -0.1) is 0 Å². The normalized spacial score (nSPS) is 12.4. The molecule has 3 rings (SSSR count). The second kappa shape index (κ2) is 10.1. The second-order valence-corrected chi connectivity index (χ2v) is 8.29. The van der Waals surface area contributed by atoms with E-state index in [-0.39, 0.29) is 5.56 Å². The van der Waals surface area contributed by atoms with Gasteiger partial charge in [-0.25, -0.2) is 9.78 Å². The molecule has 0 bridgehead atoms. The summed E-state index contributed by atoms with van der Waals surface area (Å²) in [5, 5.41) is 14.4. The number of aryl methyl sites for hydroxylation is 1. The van der Waals surface area contributed by atoms with Gasteiger partial charge in [0.2, 0.25) is 0 Å². The minimum atomic E-state index is -1.10. The Morgan fingerprint density at radius 3 is 2.84 bits per heavy atom. The lowest BCUT2D eigenvalue weighted by Crippen LogP contribution is -2.24. The Hall–Kier alpha value is -2.71. The van der Waals surface area contributed by atoms with E-state index in [1.165, 1.54) is 17.8 Å². The van der Waals surface area contributed by atoms with Gasteiger partial charge in [0.1, 0.15) is 11.6 Å². The molecule has 3 aromatic rings. The number of aliphatic carboxylic acids is 1. The highest BCUT2D eigenvalue weighted by atomic mass is 79.9. The summed E-state index contributed by atoms with van der Waals surface area (Å²) in [6.07, 6.45) is 2.75. The van der Waals surface area contributed by atoms with E-state index >= 15 is 0 Å². The number of benzene rings is 2. The molecule has 0 saturated carbocycles. The number of carboxylic acids is 1. The molecule has 9 heteroatoms. The maximum Gasteiger partial charge on any atom is 0.344 e. The van der Waals surface area contributed by atoms with Crippen molar-refractivity contribution in [3.05, 3.63) is 67.6 Å². The maximum absolute atomic E-state index is 13.2. The predicted molar refractivity (Wildman–Crippen MR) is 124 cm³/mol. The molecule has 0 aliphatic heterocycles. The molecule has 7 nitrogen and oxygen atoms in total. The van der Waals surface area contributed by atoms with Crippen LogP contribution in [-0.4, -0.2) is 33.1 Å². The SMILES string of the molecule is CCCCc1nc2ccc(Br)cc2c(=O)n1N=Cc1cc(Cl)ccc1O[C@H](C)C(=O)O. The summed E-state index contributed by atoms with van der Waals surface area (Å²) in [7, 11) is 0. The van der Waals surface area contributed by atoms with Gasteiger partial charge in [-0.2, -0.15) is 9.78 Å². The number of hydrogen-bond acceptors (Lipinski definition) is 5. The first-order chi connectivity index (χ1) is 14.8. The number of unbranched alkanes of at least 4 members (excludes halogenated alkanes) is 1. The zero-order valence-electron chi connectivity index (χ0n) is 17.0. The Balaban J connectivity index is 2.10. The van der Waals surface area contributed by atoms with Gasteiger partial charge in [0.05, 0.1) is 17.1 Å². The Morgan fingerprint density at radius 2 is 2.13 bits per heavy atom. The number of carbonyl (C=O) groups is 1. The molecule has 162 valence electrons. The van der Waals surface area contributed by atoms with Crippen molar-refractivity contribution in [3.63, 3.8) is 0 Å². The third-order valence-electron chi connectivity index (χ3n) is 4.56. The van der Waals surface area contributed by atoms with Gasteiger partial charge in [-0.3, -0.25) is 4.79 Å². The first kappa shape index (κ1) is 23.0. The monoisotopic (exact) mass is 505 g/mol. The van der Waals surface area contributed by atoms with Gasteiger partial charge in [-0.1, -0.05) is 40.9 Å². The number of halogens is 2. The summed E-state index contributed by atoms with van der Waals surface area (Å²) in [6, 6.07) is 10.1. The van der Waals surface area contributed by atoms with Crippen LogP contribution in [0.3, 0.4) is 0 Å². The van der Waals surface area contributed by atoms with Crippen LogP contribution in [0, 0.1) is 0 Å². The van der Waals surface area contributed by atoms with Crippen LogP contribution in [0.1, 0.15) is 38.1 Å². The Bertz CT molecular complexity index is 1210. The largest absolute Gasteiger partial charge is 0.479 e. The number of aromatic nitrogens is 2. The first-order valence-electron chi connectivity index (χ1n) is 9.74. The van der Waals surface area contributed by atoms with E-state index in [0.29, 0.717) is 39.5 Å². The number of hydrogen-bond donors (Lipinski definition) is 1. The smallest absolute Gasteiger partial charge is 0.344 e. The summed E-state index contributed by atoms with van der Waals surface area (Å²) >= 11 is 9.49. The van der Waals surface area contributed by atoms with Gasteiger partial charge < -0.3 is 9.84 Å². The van der Waals surface area contributed by atoms with Crippen LogP contribution in [0.25, 0.3) is 10.9 Å². The van der Waals surface area contributed by atoms with Gasteiger partial charge in [0, 0.05) is 21.5 Å². The number of fused-ring (bicyclic) bond motifs is 1.